The van der Waals surface area contributed by atoms with Crippen LogP contribution in [0.25, 0.3) is 0 Å². The van der Waals surface area contributed by atoms with Crippen LogP contribution < -0.4 is 4.90 Å². The molecule has 0 bridgehead atoms. The number of pyridine rings is 1. The van der Waals surface area contributed by atoms with Crippen molar-refractivity contribution in [3.8, 4) is 0 Å². The summed E-state index contributed by atoms with van der Waals surface area (Å²) in [5.74, 6) is 0.681. The highest BCUT2D eigenvalue weighted by Crippen LogP contribution is 2.29. The third kappa shape index (κ3) is 3.76. The lowest BCUT2D eigenvalue weighted by molar-refractivity contribution is -0.145. The molecule has 2 aliphatic rings. The number of anilines is 1. The van der Waals surface area contributed by atoms with Gasteiger partial charge in [-0.1, -0.05) is 6.07 Å². The van der Waals surface area contributed by atoms with Crippen molar-refractivity contribution in [1.82, 2.24) is 19.9 Å². The molecule has 0 aromatic carbocycles. The Hall–Kier alpha value is -2.54. The first-order valence-electron chi connectivity index (χ1n) is 8.65. The van der Waals surface area contributed by atoms with Crippen molar-refractivity contribution >= 4 is 11.9 Å². The minimum atomic E-state index is -0.484. The van der Waals surface area contributed by atoms with E-state index < -0.39 is 6.10 Å². The first-order valence-corrected chi connectivity index (χ1v) is 8.65. The topological polar surface area (TPSA) is 71.5 Å². The molecule has 1 aliphatic heterocycles. The molecular weight excluding hydrogens is 318 g/mol. The summed E-state index contributed by atoms with van der Waals surface area (Å²) in [5.41, 5.74) is 0.904. The molecule has 25 heavy (non-hydrogen) atoms. The second-order valence-corrected chi connectivity index (χ2v) is 6.37. The second kappa shape index (κ2) is 7.14. The van der Waals surface area contributed by atoms with E-state index in [0.29, 0.717) is 38.2 Å². The van der Waals surface area contributed by atoms with Gasteiger partial charge >= 0.3 is 0 Å². The average molecular weight is 339 g/mol. The van der Waals surface area contributed by atoms with Gasteiger partial charge in [0.2, 0.25) is 5.95 Å². The van der Waals surface area contributed by atoms with Crippen LogP contribution in [0.4, 0.5) is 5.95 Å². The number of nitrogens with zero attached hydrogens (tertiary/aromatic N) is 5. The summed E-state index contributed by atoms with van der Waals surface area (Å²) in [6, 6.07) is 7.88. The largest absolute Gasteiger partial charge is 0.365 e. The molecule has 1 saturated carbocycles. The number of carbonyl (C=O) groups is 1. The van der Waals surface area contributed by atoms with Gasteiger partial charge in [0, 0.05) is 31.2 Å². The number of amides is 1. The van der Waals surface area contributed by atoms with Crippen LogP contribution >= 0.6 is 0 Å². The van der Waals surface area contributed by atoms with Gasteiger partial charge in [-0.15, -0.1) is 0 Å². The van der Waals surface area contributed by atoms with Crippen molar-refractivity contribution in [2.24, 2.45) is 0 Å². The number of hydrogen-bond donors (Lipinski definition) is 0. The van der Waals surface area contributed by atoms with Gasteiger partial charge in [0.1, 0.15) is 0 Å². The normalized spacial score (nSPS) is 20.3. The van der Waals surface area contributed by atoms with E-state index in [1.165, 1.54) is 0 Å². The highest BCUT2D eigenvalue weighted by atomic mass is 16.5. The molecule has 2 aromatic heterocycles. The molecule has 7 heteroatoms. The number of rotatable bonds is 5. The summed E-state index contributed by atoms with van der Waals surface area (Å²) in [6.45, 7) is 2.20. The van der Waals surface area contributed by atoms with Crippen molar-refractivity contribution in [2.45, 2.75) is 31.5 Å². The van der Waals surface area contributed by atoms with Crippen LogP contribution in [0, 0.1) is 0 Å². The van der Waals surface area contributed by atoms with Crippen LogP contribution in [0.5, 0.6) is 0 Å². The molecule has 1 aliphatic carbocycles. The van der Waals surface area contributed by atoms with Crippen molar-refractivity contribution in [2.75, 3.05) is 24.6 Å². The maximum atomic E-state index is 13.1. The average Bonchev–Trinajstić information content (AvgIpc) is 3.52. The van der Waals surface area contributed by atoms with E-state index in [1.807, 2.05) is 28.0 Å². The third-order valence-corrected chi connectivity index (χ3v) is 4.51. The fraction of sp³-hybridized carbons (Fsp3) is 0.444. The Balaban J connectivity index is 1.46. The number of carbonyl (C=O) groups excluding carboxylic acids is 1. The molecule has 2 fully saturated rings. The summed E-state index contributed by atoms with van der Waals surface area (Å²) in [5, 5.41) is 0. The maximum Gasteiger partial charge on any atom is 0.254 e. The summed E-state index contributed by atoms with van der Waals surface area (Å²) in [4.78, 5) is 29.9. The van der Waals surface area contributed by atoms with Crippen molar-refractivity contribution in [3.05, 3.63) is 48.5 Å². The van der Waals surface area contributed by atoms with E-state index in [9.17, 15) is 4.79 Å². The predicted molar refractivity (Wildman–Crippen MR) is 91.8 cm³/mol. The van der Waals surface area contributed by atoms with Crippen molar-refractivity contribution in [1.29, 1.82) is 0 Å². The molecule has 7 nitrogen and oxygen atoms in total. The number of aromatic nitrogens is 3. The second-order valence-electron chi connectivity index (χ2n) is 6.37. The molecule has 1 amide bonds. The van der Waals surface area contributed by atoms with Crippen LogP contribution in [0.3, 0.4) is 0 Å². The lowest BCUT2D eigenvalue weighted by Crippen LogP contribution is -2.52. The predicted octanol–water partition coefficient (Wildman–Crippen LogP) is 1.27. The fourth-order valence-corrected chi connectivity index (χ4v) is 3.06. The first kappa shape index (κ1) is 16.0. The highest BCUT2D eigenvalue weighted by Gasteiger charge is 2.38. The summed E-state index contributed by atoms with van der Waals surface area (Å²) in [6.07, 6.45) is 6.81. The minimum absolute atomic E-state index is 0.0359. The molecule has 0 N–H and O–H groups in total. The van der Waals surface area contributed by atoms with Gasteiger partial charge in [-0.2, -0.15) is 0 Å². The van der Waals surface area contributed by atoms with Crippen molar-refractivity contribution < 1.29 is 9.53 Å². The lowest BCUT2D eigenvalue weighted by Gasteiger charge is -2.35. The van der Waals surface area contributed by atoms with Gasteiger partial charge in [0.05, 0.1) is 25.4 Å². The Morgan fingerprint density at radius 2 is 1.96 bits per heavy atom. The van der Waals surface area contributed by atoms with Gasteiger partial charge in [-0.05, 0) is 31.0 Å². The first-order chi connectivity index (χ1) is 12.3. The number of hydrogen-bond acceptors (Lipinski definition) is 6. The highest BCUT2D eigenvalue weighted by molar-refractivity contribution is 5.82. The standard InChI is InChI=1S/C18H21N5O2/c24-17(23(15-5-6-15)12-14-4-1-2-7-19-14)16-13-22(10-11-25-16)18-20-8-3-9-21-18/h1-4,7-9,15-16H,5-6,10-13H2/t16-/m0/s1. The van der Waals surface area contributed by atoms with E-state index in [1.54, 1.807) is 24.7 Å². The zero-order valence-corrected chi connectivity index (χ0v) is 14.0. The minimum Gasteiger partial charge on any atom is -0.365 e. The molecule has 0 unspecified atom stereocenters. The van der Waals surface area contributed by atoms with Crippen LogP contribution in [-0.2, 0) is 16.1 Å². The molecule has 1 atom stereocenters. The molecule has 3 heterocycles. The molecular formula is C18H21N5O2. The zero-order valence-electron chi connectivity index (χ0n) is 14.0. The van der Waals surface area contributed by atoms with Crippen molar-refractivity contribution in [3.63, 3.8) is 0 Å². The molecule has 130 valence electrons. The molecule has 2 aromatic rings. The third-order valence-electron chi connectivity index (χ3n) is 4.51. The van der Waals surface area contributed by atoms with Crippen LogP contribution in [0.1, 0.15) is 18.5 Å². The number of morpholine rings is 1. The van der Waals surface area contributed by atoms with Crippen LogP contribution in [0.15, 0.2) is 42.9 Å². The summed E-state index contributed by atoms with van der Waals surface area (Å²) < 4.78 is 5.78. The van der Waals surface area contributed by atoms with Gasteiger partial charge in [-0.3, -0.25) is 9.78 Å². The van der Waals surface area contributed by atoms with E-state index in [-0.39, 0.29) is 5.91 Å². The van der Waals surface area contributed by atoms with Crippen LogP contribution in [0.2, 0.25) is 0 Å². The van der Waals surface area contributed by atoms with Gasteiger partial charge in [0.15, 0.2) is 6.10 Å². The Morgan fingerprint density at radius 1 is 1.16 bits per heavy atom. The van der Waals surface area contributed by atoms with E-state index in [2.05, 4.69) is 15.0 Å². The Bertz CT molecular complexity index is 708. The molecule has 0 radical (unpaired) electrons. The van der Waals surface area contributed by atoms with Gasteiger partial charge < -0.3 is 14.5 Å². The molecule has 0 spiro atoms. The van der Waals surface area contributed by atoms with Gasteiger partial charge in [0.25, 0.3) is 5.91 Å². The monoisotopic (exact) mass is 339 g/mol. The smallest absolute Gasteiger partial charge is 0.254 e. The van der Waals surface area contributed by atoms with E-state index in [0.717, 1.165) is 18.5 Å². The molecule has 1 saturated heterocycles. The molecule has 4 rings (SSSR count). The summed E-state index contributed by atoms with van der Waals surface area (Å²) >= 11 is 0. The summed E-state index contributed by atoms with van der Waals surface area (Å²) in [7, 11) is 0. The van der Waals surface area contributed by atoms with Gasteiger partial charge in [-0.25, -0.2) is 9.97 Å². The Morgan fingerprint density at radius 3 is 2.68 bits per heavy atom. The fourth-order valence-electron chi connectivity index (χ4n) is 3.06. The lowest BCUT2D eigenvalue weighted by atomic mass is 10.2. The zero-order chi connectivity index (χ0) is 17.1. The Kier molecular flexibility index (Phi) is 4.56. The maximum absolute atomic E-state index is 13.1. The Labute approximate surface area is 146 Å². The van der Waals surface area contributed by atoms with E-state index >= 15 is 0 Å². The number of ether oxygens (including phenoxy) is 1. The van der Waals surface area contributed by atoms with E-state index in [4.69, 9.17) is 4.74 Å². The van der Waals surface area contributed by atoms with Crippen LogP contribution in [-0.4, -0.2) is 57.6 Å². The quantitative estimate of drug-likeness (QED) is 0.817. The SMILES string of the molecule is O=C([C@@H]1CN(c2ncccn2)CCO1)N(Cc1ccccn1)C1CC1.